The third-order valence-electron chi connectivity index (χ3n) is 4.51. The Hall–Kier alpha value is -2.54. The second-order valence-corrected chi connectivity index (χ2v) is 8.38. The highest BCUT2D eigenvalue weighted by molar-refractivity contribution is 7.94. The predicted octanol–water partition coefficient (Wildman–Crippen LogP) is 3.47. The van der Waals surface area contributed by atoms with Crippen LogP contribution in [0.1, 0.15) is 42.1 Å². The van der Waals surface area contributed by atoms with E-state index in [0.717, 1.165) is 5.56 Å². The van der Waals surface area contributed by atoms with E-state index >= 15 is 0 Å². The van der Waals surface area contributed by atoms with Gasteiger partial charge in [-0.1, -0.05) is 32.0 Å². The Labute approximate surface area is 153 Å². The molecule has 3 rings (SSSR count). The van der Waals surface area contributed by atoms with Gasteiger partial charge in [0.2, 0.25) is 0 Å². The number of anilines is 2. The maximum atomic E-state index is 13.1. The molecule has 7 heteroatoms. The molecule has 1 fully saturated rings. The van der Waals surface area contributed by atoms with Crippen LogP contribution in [0.4, 0.5) is 11.4 Å². The third kappa shape index (κ3) is 3.39. The van der Waals surface area contributed by atoms with E-state index < -0.39 is 16.2 Å². The molecule has 0 unspecified atom stereocenters. The lowest BCUT2D eigenvalue weighted by molar-refractivity contribution is 0.0697. The van der Waals surface area contributed by atoms with Gasteiger partial charge >= 0.3 is 16.2 Å². The average Bonchev–Trinajstić information content (AvgIpc) is 2.61. The molecule has 0 atom stereocenters. The van der Waals surface area contributed by atoms with Gasteiger partial charge in [-0.2, -0.15) is 8.42 Å². The SMILES string of the molecule is CC(C)c1ccc(N2CCCN(c3cccc(C(=O)O)c3)S2(=O)=O)cc1. The summed E-state index contributed by atoms with van der Waals surface area (Å²) in [6, 6.07) is 13.6. The van der Waals surface area contributed by atoms with Gasteiger partial charge in [-0.25, -0.2) is 4.79 Å². The van der Waals surface area contributed by atoms with Gasteiger partial charge in [0.15, 0.2) is 0 Å². The number of carboxylic acids is 1. The third-order valence-corrected chi connectivity index (χ3v) is 6.41. The fourth-order valence-corrected chi connectivity index (χ4v) is 4.78. The zero-order valence-corrected chi connectivity index (χ0v) is 15.6. The minimum Gasteiger partial charge on any atom is -0.478 e. The van der Waals surface area contributed by atoms with Crippen molar-refractivity contribution in [3.63, 3.8) is 0 Å². The lowest BCUT2D eigenvalue weighted by atomic mass is 10.0. The van der Waals surface area contributed by atoms with E-state index in [0.29, 0.717) is 36.8 Å². The van der Waals surface area contributed by atoms with Crippen LogP contribution in [0, 0.1) is 0 Å². The number of carboxylic acid groups (broad SMARTS) is 1. The van der Waals surface area contributed by atoms with E-state index in [-0.39, 0.29) is 5.56 Å². The van der Waals surface area contributed by atoms with Crippen molar-refractivity contribution in [2.75, 3.05) is 21.7 Å². The summed E-state index contributed by atoms with van der Waals surface area (Å²) < 4.78 is 28.9. The number of nitrogens with zero attached hydrogens (tertiary/aromatic N) is 2. The molecule has 0 aliphatic carbocycles. The Kier molecular flexibility index (Phi) is 4.91. The van der Waals surface area contributed by atoms with Gasteiger partial charge in [-0.15, -0.1) is 0 Å². The second kappa shape index (κ2) is 6.99. The molecule has 0 radical (unpaired) electrons. The van der Waals surface area contributed by atoms with Crippen molar-refractivity contribution in [3.8, 4) is 0 Å². The van der Waals surface area contributed by atoms with Crippen molar-refractivity contribution in [1.29, 1.82) is 0 Å². The number of hydrogen-bond acceptors (Lipinski definition) is 3. The largest absolute Gasteiger partial charge is 0.478 e. The van der Waals surface area contributed by atoms with Crippen LogP contribution in [-0.2, 0) is 10.2 Å². The first-order chi connectivity index (χ1) is 12.3. The highest BCUT2D eigenvalue weighted by atomic mass is 32.2. The molecular formula is C19H22N2O4S. The summed E-state index contributed by atoms with van der Waals surface area (Å²) in [6.07, 6.45) is 0.655. The first-order valence-corrected chi connectivity index (χ1v) is 9.94. The Balaban J connectivity index is 1.95. The first kappa shape index (κ1) is 18.3. The van der Waals surface area contributed by atoms with E-state index in [2.05, 4.69) is 13.8 Å². The summed E-state index contributed by atoms with van der Waals surface area (Å²) in [7, 11) is -3.77. The van der Waals surface area contributed by atoms with Crippen molar-refractivity contribution < 1.29 is 18.3 Å². The van der Waals surface area contributed by atoms with E-state index in [1.54, 1.807) is 12.1 Å². The zero-order valence-electron chi connectivity index (χ0n) is 14.8. The van der Waals surface area contributed by atoms with Gasteiger partial charge in [0.1, 0.15) is 0 Å². The minimum absolute atomic E-state index is 0.0658. The van der Waals surface area contributed by atoms with E-state index in [1.165, 1.54) is 20.7 Å². The number of rotatable bonds is 4. The summed E-state index contributed by atoms with van der Waals surface area (Å²) in [4.78, 5) is 11.2. The molecule has 0 saturated carbocycles. The summed E-state index contributed by atoms with van der Waals surface area (Å²) in [5.74, 6) is -0.709. The minimum atomic E-state index is -3.77. The van der Waals surface area contributed by atoms with Gasteiger partial charge in [0.05, 0.1) is 16.9 Å². The molecular weight excluding hydrogens is 352 g/mol. The van der Waals surface area contributed by atoms with Crippen molar-refractivity contribution in [2.45, 2.75) is 26.2 Å². The highest BCUT2D eigenvalue weighted by Crippen LogP contribution is 2.30. The molecule has 0 spiro atoms. The summed E-state index contributed by atoms with van der Waals surface area (Å²) in [5.41, 5.74) is 2.20. The summed E-state index contributed by atoms with van der Waals surface area (Å²) >= 11 is 0. The van der Waals surface area contributed by atoms with Gasteiger partial charge in [0.25, 0.3) is 0 Å². The molecule has 0 bridgehead atoms. The topological polar surface area (TPSA) is 77.9 Å². The molecule has 0 amide bonds. The maximum absolute atomic E-state index is 13.1. The van der Waals surface area contributed by atoms with E-state index in [4.69, 9.17) is 5.11 Å². The first-order valence-electron chi connectivity index (χ1n) is 8.54. The summed E-state index contributed by atoms with van der Waals surface area (Å²) in [5, 5.41) is 9.16. The quantitative estimate of drug-likeness (QED) is 0.889. The van der Waals surface area contributed by atoms with Gasteiger partial charge in [-0.05, 0) is 48.2 Å². The van der Waals surface area contributed by atoms with Crippen molar-refractivity contribution in [3.05, 3.63) is 59.7 Å². The van der Waals surface area contributed by atoms with Crippen LogP contribution in [0.3, 0.4) is 0 Å². The summed E-state index contributed by atoms with van der Waals surface area (Å²) in [6.45, 7) is 4.90. The molecule has 0 aromatic heterocycles. The van der Waals surface area contributed by atoms with Gasteiger partial charge in [0, 0.05) is 13.1 Å². The Morgan fingerprint density at radius 3 is 2.19 bits per heavy atom. The number of benzene rings is 2. The normalized spacial score (nSPS) is 16.7. The molecule has 1 N–H and O–H groups in total. The molecule has 138 valence electrons. The van der Waals surface area contributed by atoms with Crippen molar-refractivity contribution >= 4 is 27.6 Å². The van der Waals surface area contributed by atoms with Crippen LogP contribution in [0.2, 0.25) is 0 Å². The Bertz CT molecular complexity index is 907. The van der Waals surface area contributed by atoms with Crippen LogP contribution < -0.4 is 8.61 Å². The molecule has 1 heterocycles. The lowest BCUT2D eigenvalue weighted by Crippen LogP contribution is -2.50. The van der Waals surface area contributed by atoms with Gasteiger partial charge in [-0.3, -0.25) is 8.61 Å². The van der Waals surface area contributed by atoms with E-state index in [9.17, 15) is 13.2 Å². The molecule has 1 saturated heterocycles. The van der Waals surface area contributed by atoms with Crippen LogP contribution in [0.5, 0.6) is 0 Å². The average molecular weight is 374 g/mol. The second-order valence-electron chi connectivity index (χ2n) is 6.61. The standard InChI is InChI=1S/C19H22N2O4S/c1-14(2)15-7-9-17(10-8-15)20-11-4-12-21(26(20,24)25)18-6-3-5-16(13-18)19(22)23/h3,5-10,13-14H,4,11-12H2,1-2H3,(H,22,23). The maximum Gasteiger partial charge on any atom is 0.335 e. The van der Waals surface area contributed by atoms with Crippen LogP contribution in [0.25, 0.3) is 0 Å². The van der Waals surface area contributed by atoms with Gasteiger partial charge < -0.3 is 5.11 Å². The molecule has 1 aliphatic heterocycles. The molecule has 2 aromatic rings. The lowest BCUT2D eigenvalue weighted by Gasteiger charge is -2.37. The molecule has 2 aromatic carbocycles. The molecule has 26 heavy (non-hydrogen) atoms. The van der Waals surface area contributed by atoms with Crippen LogP contribution in [-0.4, -0.2) is 32.6 Å². The monoisotopic (exact) mass is 374 g/mol. The Morgan fingerprint density at radius 2 is 1.62 bits per heavy atom. The molecule has 1 aliphatic rings. The molecule has 6 nitrogen and oxygen atoms in total. The fourth-order valence-electron chi connectivity index (χ4n) is 3.05. The number of aromatic carboxylic acids is 1. The van der Waals surface area contributed by atoms with Crippen molar-refractivity contribution in [2.24, 2.45) is 0 Å². The highest BCUT2D eigenvalue weighted by Gasteiger charge is 2.34. The van der Waals surface area contributed by atoms with Crippen LogP contribution in [0.15, 0.2) is 48.5 Å². The fraction of sp³-hybridized carbons (Fsp3) is 0.316. The number of carbonyl (C=O) groups is 1. The van der Waals surface area contributed by atoms with E-state index in [1.807, 2.05) is 24.3 Å². The van der Waals surface area contributed by atoms with Crippen LogP contribution >= 0.6 is 0 Å². The number of hydrogen-bond donors (Lipinski definition) is 1. The predicted molar refractivity (Wildman–Crippen MR) is 102 cm³/mol. The zero-order chi connectivity index (χ0) is 18.9. The smallest absolute Gasteiger partial charge is 0.335 e. The van der Waals surface area contributed by atoms with Crippen molar-refractivity contribution in [1.82, 2.24) is 0 Å². The Morgan fingerprint density at radius 1 is 1.00 bits per heavy atom.